The van der Waals surface area contributed by atoms with Crippen LogP contribution in [0, 0.1) is 5.82 Å². The van der Waals surface area contributed by atoms with Crippen molar-refractivity contribution in [1.82, 2.24) is 10.1 Å². The molecule has 1 aromatic heterocycles. The fourth-order valence-corrected chi connectivity index (χ4v) is 1.61. The number of rotatable bonds is 3. The molecule has 112 valence electrons. The zero-order chi connectivity index (χ0) is 15.6. The van der Waals surface area contributed by atoms with Gasteiger partial charge in [0, 0.05) is 20.2 Å². The van der Waals surface area contributed by atoms with Crippen LogP contribution in [0.25, 0.3) is 11.3 Å². The number of thiocarbonyl (C=S) groups is 1. The summed E-state index contributed by atoms with van der Waals surface area (Å²) in [6.07, 6.45) is -2.80. The van der Waals surface area contributed by atoms with E-state index in [2.05, 4.69) is 5.16 Å². The fourth-order valence-electron chi connectivity index (χ4n) is 1.52. The third kappa shape index (κ3) is 3.33. The number of halogens is 3. The van der Waals surface area contributed by atoms with Gasteiger partial charge >= 0.3 is 0 Å². The van der Waals surface area contributed by atoms with Gasteiger partial charge in [-0.15, -0.1) is 0 Å². The maximum Gasteiger partial charge on any atom is 0.283 e. The van der Waals surface area contributed by atoms with E-state index in [9.17, 15) is 13.2 Å². The van der Waals surface area contributed by atoms with Gasteiger partial charge in [0.05, 0.1) is 5.56 Å². The summed E-state index contributed by atoms with van der Waals surface area (Å²) in [5.41, 5.74) is -0.685. The maximum absolute atomic E-state index is 14.0. The summed E-state index contributed by atoms with van der Waals surface area (Å²) in [5, 5.41) is 3.29. The molecule has 0 aliphatic carbocycles. The van der Waals surface area contributed by atoms with Crippen LogP contribution in [-0.4, -0.2) is 29.3 Å². The molecule has 0 aliphatic rings. The smallest absolute Gasteiger partial charge is 0.283 e. The van der Waals surface area contributed by atoms with Gasteiger partial charge in [-0.2, -0.15) is 0 Å². The Morgan fingerprint density at radius 3 is 2.67 bits per heavy atom. The van der Waals surface area contributed by atoms with Crippen molar-refractivity contribution < 1.29 is 22.4 Å². The van der Waals surface area contributed by atoms with E-state index in [1.807, 2.05) is 0 Å². The minimum absolute atomic E-state index is 0.0608. The second kappa shape index (κ2) is 6.13. The van der Waals surface area contributed by atoms with Gasteiger partial charge in [-0.05, 0) is 24.4 Å². The molecule has 0 amide bonds. The van der Waals surface area contributed by atoms with Gasteiger partial charge < -0.3 is 14.2 Å². The normalized spacial score (nSPS) is 10.8. The molecule has 8 heteroatoms. The molecule has 1 aromatic carbocycles. The van der Waals surface area contributed by atoms with Gasteiger partial charge in [0.15, 0.2) is 5.76 Å². The monoisotopic (exact) mass is 316 g/mol. The Bertz CT molecular complexity index is 659. The highest BCUT2D eigenvalue weighted by atomic mass is 32.1. The highest BCUT2D eigenvalue weighted by molar-refractivity contribution is 7.80. The van der Waals surface area contributed by atoms with Crippen LogP contribution in [-0.2, 0) is 0 Å². The predicted molar refractivity (Wildman–Crippen MR) is 73.8 cm³/mol. The number of ether oxygens (including phenoxy) is 1. The Balaban J connectivity index is 2.44. The molecule has 21 heavy (non-hydrogen) atoms. The Morgan fingerprint density at radius 1 is 1.38 bits per heavy atom. The minimum atomic E-state index is -2.80. The number of nitrogens with zero attached hydrogens (tertiary/aromatic N) is 2. The zero-order valence-electron chi connectivity index (χ0n) is 11.1. The zero-order valence-corrected chi connectivity index (χ0v) is 12.0. The van der Waals surface area contributed by atoms with Crippen molar-refractivity contribution in [2.75, 3.05) is 14.1 Å². The van der Waals surface area contributed by atoms with Crippen LogP contribution in [0.2, 0.25) is 0 Å². The number of aromatic nitrogens is 1. The van der Waals surface area contributed by atoms with Crippen molar-refractivity contribution in [1.29, 1.82) is 0 Å². The minimum Gasteiger partial charge on any atom is -0.431 e. The molecule has 0 spiro atoms. The molecular formula is C13H11F3N2O2S. The van der Waals surface area contributed by atoms with E-state index >= 15 is 0 Å². The lowest BCUT2D eigenvalue weighted by atomic mass is 10.1. The number of hydrogen-bond donors (Lipinski definition) is 0. The van der Waals surface area contributed by atoms with Gasteiger partial charge in [-0.3, -0.25) is 0 Å². The largest absolute Gasteiger partial charge is 0.431 e. The van der Waals surface area contributed by atoms with Crippen LogP contribution < -0.4 is 4.74 Å². The quantitative estimate of drug-likeness (QED) is 0.808. The molecule has 0 bridgehead atoms. The van der Waals surface area contributed by atoms with E-state index in [-0.39, 0.29) is 22.2 Å². The van der Waals surface area contributed by atoms with Gasteiger partial charge in [0.2, 0.25) is 0 Å². The first-order chi connectivity index (χ1) is 9.90. The molecule has 0 radical (unpaired) electrons. The Kier molecular flexibility index (Phi) is 4.46. The van der Waals surface area contributed by atoms with E-state index in [0.29, 0.717) is 0 Å². The average molecular weight is 316 g/mol. The summed E-state index contributed by atoms with van der Waals surface area (Å²) in [6.45, 7) is 0. The fraction of sp³-hybridized carbons (Fsp3) is 0.231. The summed E-state index contributed by atoms with van der Waals surface area (Å²) in [4.78, 5) is 1.51. The molecular weight excluding hydrogens is 305 g/mol. The van der Waals surface area contributed by atoms with Crippen molar-refractivity contribution in [3.05, 3.63) is 35.8 Å². The molecule has 1 heterocycles. The van der Waals surface area contributed by atoms with Crippen LogP contribution in [0.4, 0.5) is 13.2 Å². The topological polar surface area (TPSA) is 38.5 Å². The molecule has 4 nitrogen and oxygen atoms in total. The van der Waals surface area contributed by atoms with Crippen molar-refractivity contribution in [3.63, 3.8) is 0 Å². The van der Waals surface area contributed by atoms with Gasteiger partial charge in [-0.25, -0.2) is 13.2 Å². The van der Waals surface area contributed by atoms with Crippen molar-refractivity contribution in [2.24, 2.45) is 0 Å². The molecule has 0 unspecified atom stereocenters. The van der Waals surface area contributed by atoms with Crippen molar-refractivity contribution in [3.8, 4) is 17.1 Å². The van der Waals surface area contributed by atoms with Crippen LogP contribution in [0.15, 0.2) is 28.8 Å². The van der Waals surface area contributed by atoms with Gasteiger partial charge in [0.1, 0.15) is 17.3 Å². The summed E-state index contributed by atoms with van der Waals surface area (Å²) in [6, 6.07) is 5.00. The van der Waals surface area contributed by atoms with Crippen LogP contribution in [0.1, 0.15) is 12.1 Å². The van der Waals surface area contributed by atoms with E-state index in [4.69, 9.17) is 21.5 Å². The second-order valence-corrected chi connectivity index (χ2v) is 4.64. The summed E-state index contributed by atoms with van der Waals surface area (Å²) >= 11 is 4.97. The molecule has 0 fully saturated rings. The second-order valence-electron chi connectivity index (χ2n) is 4.29. The Hall–Kier alpha value is -2.09. The van der Waals surface area contributed by atoms with E-state index in [0.717, 1.165) is 12.1 Å². The third-order valence-electron chi connectivity index (χ3n) is 2.54. The summed E-state index contributed by atoms with van der Waals surface area (Å²) in [5.74, 6) is -0.781. The number of alkyl halides is 2. The molecule has 2 aromatic rings. The molecule has 0 saturated heterocycles. The molecule has 0 saturated carbocycles. The van der Waals surface area contributed by atoms with E-state index in [1.54, 1.807) is 14.1 Å². The Morgan fingerprint density at radius 2 is 2.10 bits per heavy atom. The van der Waals surface area contributed by atoms with E-state index in [1.165, 1.54) is 17.0 Å². The Labute approximate surface area is 124 Å². The van der Waals surface area contributed by atoms with Crippen molar-refractivity contribution >= 4 is 17.4 Å². The first-order valence-corrected chi connectivity index (χ1v) is 6.23. The molecule has 0 N–H and O–H groups in total. The van der Waals surface area contributed by atoms with Crippen molar-refractivity contribution in [2.45, 2.75) is 6.43 Å². The highest BCUT2D eigenvalue weighted by Gasteiger charge is 2.21. The lowest BCUT2D eigenvalue weighted by Gasteiger charge is -2.15. The highest BCUT2D eigenvalue weighted by Crippen LogP contribution is 2.34. The first kappa shape index (κ1) is 15.3. The van der Waals surface area contributed by atoms with E-state index < -0.39 is 17.9 Å². The van der Waals surface area contributed by atoms with Crippen LogP contribution >= 0.6 is 12.2 Å². The van der Waals surface area contributed by atoms with Crippen LogP contribution in [0.3, 0.4) is 0 Å². The number of benzene rings is 1. The average Bonchev–Trinajstić information content (AvgIpc) is 2.88. The van der Waals surface area contributed by atoms with Gasteiger partial charge in [-0.1, -0.05) is 11.2 Å². The van der Waals surface area contributed by atoms with Gasteiger partial charge in [0.25, 0.3) is 11.6 Å². The summed E-state index contributed by atoms with van der Waals surface area (Å²) < 4.78 is 49.2. The standard InChI is InChI=1S/C13H11F3N2O2S/c1-18(2)13(21)19-9-5-3-4-7(14)11(9)10-6-8(12(15)16)17-20-10/h3-6,12H,1-2H3. The maximum atomic E-state index is 14.0. The molecule has 0 aliphatic heterocycles. The lowest BCUT2D eigenvalue weighted by molar-refractivity contribution is 0.140. The SMILES string of the molecule is CN(C)C(=S)Oc1cccc(F)c1-c1cc(C(F)F)no1. The molecule has 2 rings (SSSR count). The molecule has 0 atom stereocenters. The predicted octanol–water partition coefficient (Wildman–Crippen LogP) is 3.64. The number of hydrogen-bond acceptors (Lipinski definition) is 4. The first-order valence-electron chi connectivity index (χ1n) is 5.83. The van der Waals surface area contributed by atoms with Crippen LogP contribution in [0.5, 0.6) is 5.75 Å². The third-order valence-corrected chi connectivity index (χ3v) is 2.98. The lowest BCUT2D eigenvalue weighted by Crippen LogP contribution is -2.25. The summed E-state index contributed by atoms with van der Waals surface area (Å²) in [7, 11) is 3.31.